The number of aliphatic hydroxyl groups excluding tert-OH is 1. The molecule has 82 valence electrons. The number of aliphatic hydroxyl groups is 1. The molecular weight excluding hydrogens is 193 g/mol. The molecule has 4 heteroatoms. The van der Waals surface area contributed by atoms with Crippen molar-refractivity contribution in [3.63, 3.8) is 0 Å². The van der Waals surface area contributed by atoms with Gasteiger partial charge in [0.25, 0.3) is 0 Å². The molecule has 0 saturated heterocycles. The van der Waals surface area contributed by atoms with Crippen molar-refractivity contribution in [1.29, 1.82) is 0 Å². The van der Waals surface area contributed by atoms with Crippen LogP contribution in [0.5, 0.6) is 0 Å². The third-order valence-electron chi connectivity index (χ3n) is 1.61. The highest BCUT2D eigenvalue weighted by Gasteiger charge is 2.39. The van der Waals surface area contributed by atoms with Gasteiger partial charge < -0.3 is 5.11 Å². The first-order valence-corrected chi connectivity index (χ1v) is 4.54. The monoisotopic (exact) mass is 208 g/mol. The Morgan fingerprint density at radius 2 is 1.86 bits per heavy atom. The number of allylic oxidation sites excluding steroid dienone is 2. The highest BCUT2D eigenvalue weighted by atomic mass is 19.4. The van der Waals surface area contributed by atoms with E-state index in [0.29, 0.717) is 12.8 Å². The maximum absolute atomic E-state index is 12.1. The molecule has 0 aromatic heterocycles. The van der Waals surface area contributed by atoms with Crippen LogP contribution in [0.4, 0.5) is 13.2 Å². The topological polar surface area (TPSA) is 20.2 Å². The molecule has 0 aromatic rings. The summed E-state index contributed by atoms with van der Waals surface area (Å²) in [5.41, 5.74) is -0.0816. The fourth-order valence-electron chi connectivity index (χ4n) is 0.949. The van der Waals surface area contributed by atoms with Crippen LogP contribution in [0.2, 0.25) is 0 Å². The zero-order chi connectivity index (χ0) is 11.2. The van der Waals surface area contributed by atoms with E-state index in [-0.39, 0.29) is 5.57 Å². The average molecular weight is 208 g/mol. The van der Waals surface area contributed by atoms with E-state index in [4.69, 9.17) is 5.11 Å². The number of hydrogen-bond donors (Lipinski definition) is 1. The Bertz CT molecular complexity index is 216. The summed E-state index contributed by atoms with van der Waals surface area (Å²) in [7, 11) is 0. The molecule has 0 radical (unpaired) electrons. The van der Waals surface area contributed by atoms with E-state index in [0.717, 1.165) is 0 Å². The molecule has 0 rings (SSSR count). The minimum atomic E-state index is -4.58. The van der Waals surface area contributed by atoms with Crippen molar-refractivity contribution in [2.75, 3.05) is 0 Å². The normalized spacial score (nSPS) is 16.3. The first-order chi connectivity index (χ1) is 6.43. The van der Waals surface area contributed by atoms with Crippen LogP contribution in [-0.4, -0.2) is 17.4 Å². The highest BCUT2D eigenvalue weighted by molar-refractivity contribution is 5.24. The van der Waals surface area contributed by atoms with E-state index >= 15 is 0 Å². The highest BCUT2D eigenvalue weighted by Crippen LogP contribution is 2.26. The molecule has 0 bridgehead atoms. The minimum Gasteiger partial charge on any atom is -0.379 e. The Morgan fingerprint density at radius 3 is 2.21 bits per heavy atom. The molecule has 1 nitrogen and oxygen atoms in total. The summed E-state index contributed by atoms with van der Waals surface area (Å²) in [6.45, 7) is 3.54. The first-order valence-electron chi connectivity index (χ1n) is 4.54. The van der Waals surface area contributed by atoms with Gasteiger partial charge in [-0.2, -0.15) is 13.2 Å². The molecule has 1 atom stereocenters. The van der Waals surface area contributed by atoms with Crippen LogP contribution in [-0.2, 0) is 0 Å². The Morgan fingerprint density at radius 1 is 1.29 bits per heavy atom. The van der Waals surface area contributed by atoms with Gasteiger partial charge >= 0.3 is 6.18 Å². The van der Waals surface area contributed by atoms with Gasteiger partial charge in [0.1, 0.15) is 0 Å². The van der Waals surface area contributed by atoms with Gasteiger partial charge in [0.2, 0.25) is 0 Å². The van der Waals surface area contributed by atoms with E-state index in [1.807, 2.05) is 6.92 Å². The molecule has 1 unspecified atom stereocenters. The van der Waals surface area contributed by atoms with Crippen molar-refractivity contribution in [2.24, 2.45) is 0 Å². The van der Waals surface area contributed by atoms with Gasteiger partial charge in [-0.15, -0.1) is 0 Å². The SMILES string of the molecule is CC/C=C\C(=C/CC)C(O)C(F)(F)F. The Hall–Kier alpha value is -0.770. The van der Waals surface area contributed by atoms with Gasteiger partial charge in [-0.05, 0) is 18.4 Å². The lowest BCUT2D eigenvalue weighted by Crippen LogP contribution is -2.29. The molecule has 0 aliphatic carbocycles. The van der Waals surface area contributed by atoms with Crippen molar-refractivity contribution in [2.45, 2.75) is 39.0 Å². The van der Waals surface area contributed by atoms with E-state index in [9.17, 15) is 13.2 Å². The minimum absolute atomic E-state index is 0.0816. The second-order valence-corrected chi connectivity index (χ2v) is 2.87. The summed E-state index contributed by atoms with van der Waals surface area (Å²) in [5, 5.41) is 8.96. The van der Waals surface area contributed by atoms with E-state index in [1.165, 1.54) is 12.2 Å². The first kappa shape index (κ1) is 13.2. The zero-order valence-electron chi connectivity index (χ0n) is 8.30. The van der Waals surface area contributed by atoms with Crippen molar-refractivity contribution in [3.05, 3.63) is 23.8 Å². The van der Waals surface area contributed by atoms with Crippen LogP contribution in [0.3, 0.4) is 0 Å². The lowest BCUT2D eigenvalue weighted by Gasteiger charge is -2.15. The van der Waals surface area contributed by atoms with Crippen LogP contribution in [0.25, 0.3) is 0 Å². The van der Waals surface area contributed by atoms with Gasteiger partial charge in [0, 0.05) is 0 Å². The molecule has 14 heavy (non-hydrogen) atoms. The molecule has 0 aromatic carbocycles. The lowest BCUT2D eigenvalue weighted by atomic mass is 10.1. The molecule has 0 aliphatic rings. The third-order valence-corrected chi connectivity index (χ3v) is 1.61. The summed E-state index contributed by atoms with van der Waals surface area (Å²) in [4.78, 5) is 0. The molecule has 0 spiro atoms. The van der Waals surface area contributed by atoms with Crippen molar-refractivity contribution >= 4 is 0 Å². The molecule has 1 N–H and O–H groups in total. The number of halogens is 3. The predicted molar refractivity (Wildman–Crippen MR) is 49.9 cm³/mol. The summed E-state index contributed by atoms with van der Waals surface area (Å²) < 4.78 is 36.4. The molecule has 0 heterocycles. The number of hydrogen-bond acceptors (Lipinski definition) is 1. The molecule has 0 saturated carbocycles. The Balaban J connectivity index is 4.67. The van der Waals surface area contributed by atoms with Crippen LogP contribution in [0.1, 0.15) is 26.7 Å². The molecule has 0 amide bonds. The second-order valence-electron chi connectivity index (χ2n) is 2.87. The van der Waals surface area contributed by atoms with E-state index in [2.05, 4.69) is 0 Å². The smallest absolute Gasteiger partial charge is 0.379 e. The van der Waals surface area contributed by atoms with E-state index in [1.54, 1.807) is 13.0 Å². The Labute approximate surface area is 81.9 Å². The van der Waals surface area contributed by atoms with Crippen molar-refractivity contribution in [1.82, 2.24) is 0 Å². The zero-order valence-corrected chi connectivity index (χ0v) is 8.30. The fraction of sp³-hybridized carbons (Fsp3) is 0.600. The summed E-state index contributed by atoms with van der Waals surface area (Å²) >= 11 is 0. The maximum atomic E-state index is 12.1. The van der Waals surface area contributed by atoms with Crippen LogP contribution >= 0.6 is 0 Å². The third kappa shape index (κ3) is 4.46. The van der Waals surface area contributed by atoms with Crippen LogP contribution < -0.4 is 0 Å². The van der Waals surface area contributed by atoms with Gasteiger partial charge in [-0.25, -0.2) is 0 Å². The molecule has 0 aliphatic heterocycles. The van der Waals surface area contributed by atoms with Gasteiger partial charge in [-0.3, -0.25) is 0 Å². The van der Waals surface area contributed by atoms with Crippen LogP contribution in [0.15, 0.2) is 23.8 Å². The summed E-state index contributed by atoms with van der Waals surface area (Å²) in [6, 6.07) is 0. The number of alkyl halides is 3. The largest absolute Gasteiger partial charge is 0.418 e. The predicted octanol–water partition coefficient (Wildman–Crippen LogP) is 3.21. The summed E-state index contributed by atoms with van der Waals surface area (Å²) in [6.07, 6.45) is -1.55. The second kappa shape index (κ2) is 5.86. The molecule has 0 fully saturated rings. The van der Waals surface area contributed by atoms with Crippen molar-refractivity contribution in [3.8, 4) is 0 Å². The average Bonchev–Trinajstić information content (AvgIpc) is 2.09. The fourth-order valence-corrected chi connectivity index (χ4v) is 0.949. The standard InChI is InChI=1S/C10H15F3O/c1-3-5-7-8(6-4-2)9(14)10(11,12)13/h5-7,9,14H,3-4H2,1-2H3/b7-5-,8-6+. The maximum Gasteiger partial charge on any atom is 0.418 e. The van der Waals surface area contributed by atoms with Crippen LogP contribution in [0, 0.1) is 0 Å². The molecular formula is C10H15F3O. The summed E-state index contributed by atoms with van der Waals surface area (Å²) in [5.74, 6) is 0. The Kier molecular flexibility index (Phi) is 5.53. The number of rotatable bonds is 4. The van der Waals surface area contributed by atoms with Crippen molar-refractivity contribution < 1.29 is 18.3 Å². The van der Waals surface area contributed by atoms with E-state index < -0.39 is 12.3 Å². The lowest BCUT2D eigenvalue weighted by molar-refractivity contribution is -0.190. The van der Waals surface area contributed by atoms with Gasteiger partial charge in [0.05, 0.1) is 0 Å². The quantitative estimate of drug-likeness (QED) is 0.703. The van der Waals surface area contributed by atoms with Gasteiger partial charge in [0.15, 0.2) is 6.10 Å². The van der Waals surface area contributed by atoms with Gasteiger partial charge in [-0.1, -0.05) is 32.1 Å².